The van der Waals surface area contributed by atoms with Crippen LogP contribution in [0.25, 0.3) is 0 Å². The number of hydrogen-bond acceptors (Lipinski definition) is 9. The van der Waals surface area contributed by atoms with Gasteiger partial charge in [0, 0.05) is 18.3 Å². The first-order valence-electron chi connectivity index (χ1n) is 14.5. The summed E-state index contributed by atoms with van der Waals surface area (Å²) in [7, 11) is 0. The maximum atomic E-state index is 14.1. The molecule has 0 radical (unpaired) electrons. The lowest BCUT2D eigenvalue weighted by Gasteiger charge is -2.42. The molecule has 0 amide bonds. The number of ether oxygens (including phenoxy) is 2. The number of hydrogen-bond donors (Lipinski definition) is 4. The third-order valence-electron chi connectivity index (χ3n) is 9.39. The molecule has 38 heavy (non-hydrogen) atoms. The van der Waals surface area contributed by atoms with Crippen molar-refractivity contribution in [3.05, 3.63) is 11.1 Å². The number of nitrogens with one attached hydrogen (secondary N) is 1. The van der Waals surface area contributed by atoms with Gasteiger partial charge >= 0.3 is 5.97 Å². The molecule has 4 fully saturated rings. The van der Waals surface area contributed by atoms with E-state index in [-0.39, 0.29) is 49.9 Å². The molecule has 0 aromatic rings. The van der Waals surface area contributed by atoms with Gasteiger partial charge in [0.25, 0.3) is 5.60 Å². The van der Waals surface area contributed by atoms with Crippen LogP contribution < -0.4 is 11.1 Å². The number of nitrogens with two attached hydrogens (primary N) is 1. The molecule has 0 bridgehead atoms. The van der Waals surface area contributed by atoms with E-state index in [1.54, 1.807) is 0 Å². The molecule has 9 heteroatoms. The first kappa shape index (κ1) is 29.3. The lowest BCUT2D eigenvalue weighted by Crippen LogP contribution is -2.60. The summed E-state index contributed by atoms with van der Waals surface area (Å²) in [5, 5.41) is 22.8. The third-order valence-corrected chi connectivity index (χ3v) is 9.39. The molecule has 5 N–H and O–H groups in total. The smallest absolute Gasteiger partial charge is 0.350 e. The number of fused-ring (bicyclic) bond motifs is 2. The summed E-state index contributed by atoms with van der Waals surface area (Å²) < 4.78 is 11.3. The monoisotopic (exact) mass is 534 g/mol. The van der Waals surface area contributed by atoms with E-state index < -0.39 is 29.0 Å². The van der Waals surface area contributed by atoms with E-state index in [0.29, 0.717) is 23.8 Å². The number of ketones is 2. The summed E-state index contributed by atoms with van der Waals surface area (Å²) in [5.41, 5.74) is 4.00. The molecule has 9 nitrogen and oxygen atoms in total. The van der Waals surface area contributed by atoms with Gasteiger partial charge in [-0.25, -0.2) is 4.79 Å². The van der Waals surface area contributed by atoms with Gasteiger partial charge in [0.2, 0.25) is 0 Å². The molecule has 7 unspecified atom stereocenters. The molecule has 2 saturated carbocycles. The summed E-state index contributed by atoms with van der Waals surface area (Å²) in [4.78, 5) is 41.6. The van der Waals surface area contributed by atoms with Gasteiger partial charge in [-0.05, 0) is 81.7 Å². The number of carbonyl (C=O) groups excluding carboxylic acids is 3. The molecule has 4 rings (SSSR count). The van der Waals surface area contributed by atoms with Crippen LogP contribution >= 0.6 is 0 Å². The van der Waals surface area contributed by atoms with Crippen LogP contribution in [0.2, 0.25) is 0 Å². The highest BCUT2D eigenvalue weighted by molar-refractivity contribution is 6.23. The van der Waals surface area contributed by atoms with Gasteiger partial charge in [-0.15, -0.1) is 0 Å². The van der Waals surface area contributed by atoms with Crippen molar-refractivity contribution in [2.24, 2.45) is 35.3 Å². The topological polar surface area (TPSA) is 151 Å². The molecular weight excluding hydrogens is 488 g/mol. The summed E-state index contributed by atoms with van der Waals surface area (Å²) in [6.45, 7) is 6.07. The number of esters is 1. The largest absolute Gasteiger partial charge is 0.461 e. The Hall–Kier alpha value is -1.65. The zero-order chi connectivity index (χ0) is 27.7. The highest BCUT2D eigenvalue weighted by Crippen LogP contribution is 2.63. The van der Waals surface area contributed by atoms with Crippen LogP contribution in [0.3, 0.4) is 0 Å². The second-order valence-corrected chi connectivity index (χ2v) is 12.4. The van der Waals surface area contributed by atoms with E-state index in [2.05, 4.69) is 19.2 Å². The van der Waals surface area contributed by atoms with E-state index in [1.807, 2.05) is 6.92 Å². The number of rotatable bonds is 11. The molecule has 2 aliphatic heterocycles. The van der Waals surface area contributed by atoms with Gasteiger partial charge < -0.3 is 30.7 Å². The SMILES string of the molecule is CC(CCC1CCNC(N)C1)=C(CO)CC12OC1(C(=O)OCCO)C(=O)C1C(CC(C)C)CCCC1C2=O. The first-order valence-corrected chi connectivity index (χ1v) is 14.5. The first-order chi connectivity index (χ1) is 18.1. The minimum absolute atomic E-state index is 0.00205. The minimum Gasteiger partial charge on any atom is -0.461 e. The second-order valence-electron chi connectivity index (χ2n) is 12.4. The maximum absolute atomic E-state index is 14.1. The van der Waals surface area contributed by atoms with Crippen molar-refractivity contribution >= 4 is 17.5 Å². The molecule has 7 atom stereocenters. The number of aliphatic hydroxyl groups excluding tert-OH is 2. The van der Waals surface area contributed by atoms with Gasteiger partial charge in [0.05, 0.1) is 19.4 Å². The number of Topliss-reactive ketones (excluding diaryl/α,β-unsaturated/α-hetero) is 2. The van der Waals surface area contributed by atoms with Crippen LogP contribution in [0.4, 0.5) is 0 Å². The van der Waals surface area contributed by atoms with Crippen LogP contribution in [0.15, 0.2) is 11.1 Å². The summed E-state index contributed by atoms with van der Waals surface area (Å²) in [6.07, 6.45) is 6.67. The van der Waals surface area contributed by atoms with Crippen LogP contribution in [-0.2, 0) is 23.9 Å². The molecule has 2 saturated heterocycles. The van der Waals surface area contributed by atoms with E-state index in [9.17, 15) is 24.6 Å². The fourth-order valence-electron chi connectivity index (χ4n) is 7.42. The summed E-state index contributed by atoms with van der Waals surface area (Å²) >= 11 is 0. The van der Waals surface area contributed by atoms with Crippen molar-refractivity contribution < 1.29 is 34.1 Å². The molecule has 0 aromatic carbocycles. The number of piperidine rings is 1. The highest BCUT2D eigenvalue weighted by atomic mass is 16.7. The van der Waals surface area contributed by atoms with Crippen LogP contribution in [0, 0.1) is 29.6 Å². The predicted molar refractivity (Wildman–Crippen MR) is 141 cm³/mol. The Bertz CT molecular complexity index is 949. The van der Waals surface area contributed by atoms with Gasteiger partial charge in [0.1, 0.15) is 6.61 Å². The van der Waals surface area contributed by atoms with Crippen LogP contribution in [0.5, 0.6) is 0 Å². The Morgan fingerprint density at radius 2 is 1.97 bits per heavy atom. The van der Waals surface area contributed by atoms with Crippen molar-refractivity contribution in [3.63, 3.8) is 0 Å². The summed E-state index contributed by atoms with van der Waals surface area (Å²) in [5.74, 6) is -1.67. The van der Waals surface area contributed by atoms with Gasteiger partial charge in [-0.2, -0.15) is 0 Å². The molecule has 2 heterocycles. The lowest BCUT2D eigenvalue weighted by molar-refractivity contribution is -0.160. The van der Waals surface area contributed by atoms with E-state index in [4.69, 9.17) is 15.2 Å². The van der Waals surface area contributed by atoms with E-state index in [1.165, 1.54) is 0 Å². The Morgan fingerprint density at radius 1 is 1.21 bits per heavy atom. The fraction of sp³-hybridized carbons (Fsp3) is 0.828. The average molecular weight is 535 g/mol. The van der Waals surface area contributed by atoms with Crippen molar-refractivity contribution in [3.8, 4) is 0 Å². The van der Waals surface area contributed by atoms with Gasteiger partial charge in [0.15, 0.2) is 17.2 Å². The normalized spacial score (nSPS) is 37.4. The van der Waals surface area contributed by atoms with Gasteiger partial charge in [-0.3, -0.25) is 9.59 Å². The summed E-state index contributed by atoms with van der Waals surface area (Å²) in [6, 6.07) is 0. The zero-order valence-corrected chi connectivity index (χ0v) is 23.2. The Balaban J connectivity index is 1.62. The Labute approximate surface area is 225 Å². The number of epoxide rings is 1. The minimum atomic E-state index is -1.99. The molecule has 0 spiro atoms. The fourth-order valence-corrected chi connectivity index (χ4v) is 7.42. The van der Waals surface area contributed by atoms with E-state index in [0.717, 1.165) is 57.1 Å². The lowest BCUT2D eigenvalue weighted by atomic mass is 9.56. The predicted octanol–water partition coefficient (Wildman–Crippen LogP) is 2.02. The molecule has 2 aliphatic carbocycles. The van der Waals surface area contributed by atoms with Crippen molar-refractivity contribution in [1.29, 1.82) is 0 Å². The van der Waals surface area contributed by atoms with Crippen molar-refractivity contribution in [2.45, 2.75) is 95.9 Å². The molecule has 0 aromatic heterocycles. The number of aliphatic hydroxyl groups is 2. The Kier molecular flexibility index (Phi) is 9.14. The van der Waals surface area contributed by atoms with Crippen molar-refractivity contribution in [2.75, 3.05) is 26.4 Å². The highest BCUT2D eigenvalue weighted by Gasteiger charge is 2.87. The number of allylic oxidation sites excluding steroid dienone is 1. The van der Waals surface area contributed by atoms with Gasteiger partial charge in [-0.1, -0.05) is 25.8 Å². The van der Waals surface area contributed by atoms with E-state index >= 15 is 0 Å². The maximum Gasteiger partial charge on any atom is 0.350 e. The molecule has 214 valence electrons. The van der Waals surface area contributed by atoms with Crippen LogP contribution in [0.1, 0.15) is 78.6 Å². The third kappa shape index (κ3) is 5.24. The van der Waals surface area contributed by atoms with Crippen LogP contribution in [-0.4, -0.2) is 71.5 Å². The standard InChI is InChI=1S/C29H46N2O7/c1-17(2)13-20-5-4-6-22-24(20)26(35)29(27(36)37-12-11-32)28(38-29,25(22)34)15-21(16-33)18(3)7-8-19-9-10-31-23(30)14-19/h17,19-20,22-24,31-33H,4-16,30H2,1-3H3. The quantitative estimate of drug-likeness (QED) is 0.135. The van der Waals surface area contributed by atoms with Crippen molar-refractivity contribution in [1.82, 2.24) is 5.32 Å². The zero-order valence-electron chi connectivity index (χ0n) is 23.2. The Morgan fingerprint density at radius 3 is 2.63 bits per heavy atom. The molecular formula is C29H46N2O7. The molecule has 4 aliphatic rings. The second kappa shape index (κ2) is 11.8. The number of carbonyl (C=O) groups is 3. The average Bonchev–Trinajstić information content (AvgIpc) is 3.59.